The highest BCUT2D eigenvalue weighted by molar-refractivity contribution is 8.77. The lowest BCUT2D eigenvalue weighted by Gasteiger charge is -2.30. The summed E-state index contributed by atoms with van der Waals surface area (Å²) >= 11 is 0. The van der Waals surface area contributed by atoms with Crippen LogP contribution in [0.1, 0.15) is 57.1 Å². The van der Waals surface area contributed by atoms with Gasteiger partial charge in [0.15, 0.2) is 0 Å². The van der Waals surface area contributed by atoms with Gasteiger partial charge in [0.25, 0.3) is 0 Å². The van der Waals surface area contributed by atoms with Crippen molar-refractivity contribution in [1.82, 2.24) is 68.7 Å². The van der Waals surface area contributed by atoms with E-state index in [9.17, 15) is 92.7 Å². The maximum atomic E-state index is 15.1. The normalized spacial score (nSPS) is 27.3. The Morgan fingerprint density at radius 2 is 1.06 bits per heavy atom. The molecule has 0 aliphatic carbocycles. The summed E-state index contributed by atoms with van der Waals surface area (Å²) in [6.45, 7) is 1.18. The standard InChI is InChI=1S/C59H79N15O21S6/c1-26-47(82)69-41-25-101-99-22-38-52(87)65-33(13-14-45(80)81)49(84)66-34(16-28-5-9-30(76)10-6-28)50(85)71-40(54(89)72-39(23-97-96-20-32(60)48(83)70-38)53(88)67-35(18-43(61)78)58(93)74-15-3-4-42(74)56(91)63-26)24-100-98-21-37(64-44(79)19-62-57(92)46(27(2)75)73-55(41)90)51(86)68-36(59(94)95)17-29-7-11-31(77)12-8-29/h5-12,26-27,32-42,46,75-77H,3-4,13-25,60H2,1-2H3,(H2,61,78)(H,62,92)(H,63,91)(H,64,79)(H,65,87)(H,66,84)(H,67,88)(H,68,86)(H,69,82)(H,70,83)(H,71,85)(H,72,89)(H,73,90)(H,80,81)(H,94,95)/t26-,27+,32-,33-,34-,35?,36-,37-,38-,39-,40-,41-,42-,46-/m0/s1. The summed E-state index contributed by atoms with van der Waals surface area (Å²) in [6, 6.07) is -11.7. The maximum absolute atomic E-state index is 15.1. The van der Waals surface area contributed by atoms with Gasteiger partial charge in [-0.3, -0.25) is 71.9 Å². The van der Waals surface area contributed by atoms with E-state index in [4.69, 9.17) is 11.5 Å². The molecule has 0 radical (unpaired) electrons. The molecular weight excluding hydrogens is 1450 g/mol. The highest BCUT2D eigenvalue weighted by Gasteiger charge is 2.42. The first kappa shape index (κ1) is 81.5. The number of hydrogen-bond acceptors (Lipinski definition) is 26. The van der Waals surface area contributed by atoms with Gasteiger partial charge in [0.2, 0.25) is 82.7 Å². The third kappa shape index (κ3) is 25.9. The third-order valence-electron chi connectivity index (χ3n) is 15.6. The van der Waals surface area contributed by atoms with E-state index in [0.29, 0.717) is 5.56 Å². The molecule has 0 aromatic heterocycles. The first-order valence-electron chi connectivity index (χ1n) is 31.2. The molecule has 2 aromatic carbocycles. The second-order valence-electron chi connectivity index (χ2n) is 23.5. The largest absolute Gasteiger partial charge is 0.508 e. The van der Waals surface area contributed by atoms with Crippen LogP contribution < -0.4 is 75.3 Å². The number of phenolic OH excluding ortho intramolecular Hbond substituents is 2. The number of aliphatic hydroxyl groups excluding tert-OH is 1. The van der Waals surface area contributed by atoms with Gasteiger partial charge in [-0.1, -0.05) is 89.0 Å². The summed E-state index contributed by atoms with van der Waals surface area (Å²) in [5.41, 5.74) is 12.6. The van der Waals surface area contributed by atoms with Gasteiger partial charge in [0, 0.05) is 60.3 Å². The lowest BCUT2D eigenvalue weighted by Crippen LogP contribution is -2.61. The van der Waals surface area contributed by atoms with Crippen LogP contribution in [0.15, 0.2) is 48.5 Å². The van der Waals surface area contributed by atoms with Crippen molar-refractivity contribution in [2.24, 2.45) is 11.5 Å². The molecule has 0 saturated carbocycles. The van der Waals surface area contributed by atoms with Crippen molar-refractivity contribution in [2.45, 2.75) is 143 Å². The molecule has 36 nitrogen and oxygen atoms in total. The fraction of sp³-hybridized carbons (Fsp3) is 0.525. The average Bonchev–Trinajstić information content (AvgIpc) is 1.75. The van der Waals surface area contributed by atoms with E-state index in [2.05, 4.69) is 63.8 Å². The lowest BCUT2D eigenvalue weighted by atomic mass is 10.0. The van der Waals surface area contributed by atoms with Crippen LogP contribution in [0.3, 0.4) is 0 Å². The number of carboxylic acids is 2. The topological polar surface area (TPSA) is 574 Å². The van der Waals surface area contributed by atoms with E-state index in [1.54, 1.807) is 0 Å². The van der Waals surface area contributed by atoms with E-state index in [1.807, 2.05) is 0 Å². The number of carbonyl (C=O) groups excluding carboxylic acids is 14. The van der Waals surface area contributed by atoms with Gasteiger partial charge in [0.1, 0.15) is 84.0 Å². The molecule has 4 heterocycles. The average molecular weight is 1530 g/mol. The van der Waals surface area contributed by atoms with Crippen molar-refractivity contribution in [3.63, 3.8) is 0 Å². The van der Waals surface area contributed by atoms with E-state index in [0.717, 1.165) is 76.6 Å². The van der Waals surface area contributed by atoms with E-state index >= 15 is 9.59 Å². The molecular formula is C59H79N15O21S6. The monoisotopic (exact) mass is 1530 g/mol. The SMILES string of the molecule is C[C@@H]1NC(=O)[C@@H]2CCCN2C(=O)C(CC(N)=O)NC(=O)[C@@H]2CSSC[C@H](N)C(=O)N[C@H]3CSSC[C@H](NC1=O)C(=O)N[C@@H]([C@@H](C)O)C(=O)NCC(=O)N[C@H](C(=O)N[C@@H](Cc1ccc(O)cc1)C(=O)O)CSSC[C@H](NC(=O)[C@H](Cc1ccc(O)cc1)NC(=O)[C@H](CCC(=O)O)NC3=O)C(=O)N2. The summed E-state index contributed by atoms with van der Waals surface area (Å²) in [5, 5.41) is 80.4. The summed E-state index contributed by atoms with van der Waals surface area (Å²) < 4.78 is 0. The Bertz CT molecular complexity index is 3400. The Balaban J connectivity index is 1.56. The van der Waals surface area contributed by atoms with Crippen molar-refractivity contribution in [3.05, 3.63) is 59.7 Å². The number of carboxylic acid groups (broad SMARTS) is 2. The molecule has 2 aromatic rings. The zero-order valence-corrected chi connectivity index (χ0v) is 59.0. The zero-order valence-electron chi connectivity index (χ0n) is 54.1. The van der Waals surface area contributed by atoms with Crippen molar-refractivity contribution >= 4 is 159 Å². The van der Waals surface area contributed by atoms with Crippen LogP contribution in [-0.2, 0) is 89.6 Å². The summed E-state index contributed by atoms with van der Waals surface area (Å²) in [7, 11) is 4.74. The number of nitrogens with one attached hydrogen (secondary N) is 12. The van der Waals surface area contributed by atoms with Gasteiger partial charge in [-0.25, -0.2) is 4.79 Å². The van der Waals surface area contributed by atoms with Gasteiger partial charge in [-0.15, -0.1) is 0 Å². The van der Waals surface area contributed by atoms with E-state index in [-0.39, 0.29) is 48.6 Å². The molecule has 0 spiro atoms. The zero-order chi connectivity index (χ0) is 74.2. The number of nitrogens with zero attached hydrogens (tertiary/aromatic N) is 1. The Hall–Kier alpha value is -8.42. The highest BCUT2D eigenvalue weighted by atomic mass is 33.1. The minimum atomic E-state index is -1.93. The van der Waals surface area contributed by atoms with Crippen molar-refractivity contribution in [2.75, 3.05) is 47.6 Å². The Morgan fingerprint density at radius 3 is 1.61 bits per heavy atom. The molecule has 42 heteroatoms. The van der Waals surface area contributed by atoms with Gasteiger partial charge in [0.05, 0.1) is 25.1 Å². The second-order valence-corrected chi connectivity index (χ2v) is 31.1. The summed E-state index contributed by atoms with van der Waals surface area (Å²) in [6.07, 6.45) is -4.71. The molecule has 101 heavy (non-hydrogen) atoms. The number of rotatable bonds is 13. The number of phenols is 2. The highest BCUT2D eigenvalue weighted by Crippen LogP contribution is 2.28. The first-order valence-corrected chi connectivity index (χ1v) is 38.7. The number of amides is 14. The number of aliphatic carboxylic acids is 2. The number of fused-ring (bicyclic) bond motifs is 20. The molecule has 14 amide bonds. The van der Waals surface area contributed by atoms with Crippen LogP contribution in [0.2, 0.25) is 0 Å². The molecule has 4 aliphatic rings. The van der Waals surface area contributed by atoms with Crippen LogP contribution >= 0.6 is 64.8 Å². The Kier molecular flexibility index (Phi) is 32.1. The van der Waals surface area contributed by atoms with Crippen LogP contribution in [-0.4, -0.2) is 257 Å². The van der Waals surface area contributed by atoms with E-state index < -0.39 is 240 Å². The second kappa shape index (κ2) is 39.7. The van der Waals surface area contributed by atoms with Crippen molar-refractivity contribution in [1.29, 1.82) is 0 Å². The predicted molar refractivity (Wildman–Crippen MR) is 371 cm³/mol. The van der Waals surface area contributed by atoms with Gasteiger partial charge in [-0.05, 0) is 68.5 Å². The molecule has 1 unspecified atom stereocenters. The predicted octanol–water partition coefficient (Wildman–Crippen LogP) is -5.94. The number of nitrogens with two attached hydrogens (primary N) is 2. The third-order valence-corrected chi connectivity index (χ3v) is 22.9. The first-order chi connectivity index (χ1) is 47.9. The summed E-state index contributed by atoms with van der Waals surface area (Å²) in [4.78, 5) is 227. The number of benzene rings is 2. The Morgan fingerprint density at radius 1 is 0.574 bits per heavy atom. The number of primary amides is 1. The lowest BCUT2D eigenvalue weighted by molar-refractivity contribution is -0.143. The number of hydrogen-bond donors (Lipinski definition) is 19. The number of carbonyl (C=O) groups is 16. The number of aromatic hydroxyl groups is 2. The fourth-order valence-electron chi connectivity index (χ4n) is 10.0. The molecule has 6 rings (SSSR count). The van der Waals surface area contributed by atoms with Crippen LogP contribution in [0.4, 0.5) is 0 Å². The van der Waals surface area contributed by atoms with Crippen molar-refractivity contribution in [3.8, 4) is 11.5 Å². The Labute approximate surface area is 600 Å². The minimum absolute atomic E-state index is 0.00937. The molecule has 4 saturated heterocycles. The fourth-order valence-corrected chi connectivity index (χ4v) is 17.0. The van der Waals surface area contributed by atoms with E-state index in [1.165, 1.54) is 55.5 Å². The van der Waals surface area contributed by atoms with Crippen LogP contribution in [0.25, 0.3) is 0 Å². The minimum Gasteiger partial charge on any atom is -0.508 e. The molecule has 552 valence electrons. The molecule has 14 atom stereocenters. The van der Waals surface area contributed by atoms with Crippen LogP contribution in [0, 0.1) is 0 Å². The number of aliphatic hydroxyl groups is 1. The summed E-state index contributed by atoms with van der Waals surface area (Å²) in [5.74, 6) is -21.7. The molecule has 21 N–H and O–H groups in total. The van der Waals surface area contributed by atoms with Gasteiger partial charge in [-0.2, -0.15) is 0 Å². The molecule has 4 aliphatic heterocycles. The van der Waals surface area contributed by atoms with Crippen molar-refractivity contribution < 1.29 is 102 Å². The molecule has 4 fully saturated rings. The molecule has 4 bridgehead atoms. The van der Waals surface area contributed by atoms with Gasteiger partial charge >= 0.3 is 11.9 Å². The quantitative estimate of drug-likeness (QED) is 0.0656. The maximum Gasteiger partial charge on any atom is 0.326 e. The smallest absolute Gasteiger partial charge is 0.326 e. The van der Waals surface area contributed by atoms with Crippen LogP contribution in [0.5, 0.6) is 11.5 Å². The van der Waals surface area contributed by atoms with Gasteiger partial charge < -0.3 is 106 Å².